The van der Waals surface area contributed by atoms with E-state index in [0.717, 1.165) is 16.5 Å². The number of hydrogen-bond acceptors (Lipinski definition) is 4. The van der Waals surface area contributed by atoms with E-state index >= 15 is 0 Å². The fourth-order valence-corrected chi connectivity index (χ4v) is 3.19. The smallest absolute Gasteiger partial charge is 0.246 e. The lowest BCUT2D eigenvalue weighted by Crippen LogP contribution is -2.19. The van der Waals surface area contributed by atoms with Gasteiger partial charge in [0, 0.05) is 29.0 Å². The molecule has 2 amide bonds. The van der Waals surface area contributed by atoms with Gasteiger partial charge in [-0.15, -0.1) is 0 Å². The number of aromatic nitrogens is 3. The van der Waals surface area contributed by atoms with E-state index in [2.05, 4.69) is 20.7 Å². The molecule has 0 radical (unpaired) electrons. The molecule has 8 nitrogen and oxygen atoms in total. The molecule has 0 bridgehead atoms. The summed E-state index contributed by atoms with van der Waals surface area (Å²) < 4.78 is 6.57. The van der Waals surface area contributed by atoms with Crippen molar-refractivity contribution in [2.45, 2.75) is 13.0 Å². The van der Waals surface area contributed by atoms with Gasteiger partial charge in [-0.05, 0) is 35.9 Å². The second kappa shape index (κ2) is 8.52. The number of carbonyl (C=O) groups excluding carboxylic acids is 2. The third-order valence-corrected chi connectivity index (χ3v) is 4.62. The molecule has 4 aromatic rings. The first-order valence-corrected chi connectivity index (χ1v) is 9.42. The Balaban J connectivity index is 1.32. The number of nitrogens with zero attached hydrogens (tertiary/aromatic N) is 2. The van der Waals surface area contributed by atoms with Gasteiger partial charge < -0.3 is 20.4 Å². The molecule has 152 valence electrons. The van der Waals surface area contributed by atoms with Gasteiger partial charge in [0.2, 0.25) is 11.8 Å². The Kier molecular flexibility index (Phi) is 5.47. The van der Waals surface area contributed by atoms with E-state index in [1.807, 2.05) is 30.5 Å². The number of anilines is 2. The Labute approximate surface area is 172 Å². The van der Waals surface area contributed by atoms with Crippen LogP contribution in [0.15, 0.2) is 67.1 Å². The topological polar surface area (TPSA) is 101 Å². The minimum atomic E-state index is -0.222. The lowest BCUT2D eigenvalue weighted by atomic mass is 10.1. The van der Waals surface area contributed by atoms with E-state index in [9.17, 15) is 9.59 Å². The number of H-pyrrole nitrogens is 1. The SMILES string of the molecule is COc1ccc(NC(=O)Cn2cc(NC(=O)Cc3c[nH]c4ccccc34)cn2)cc1. The first-order valence-electron chi connectivity index (χ1n) is 9.42. The van der Waals surface area contributed by atoms with Gasteiger partial charge in [0.05, 0.1) is 25.4 Å². The fourth-order valence-electron chi connectivity index (χ4n) is 3.19. The van der Waals surface area contributed by atoms with E-state index in [1.165, 1.54) is 10.9 Å². The highest BCUT2D eigenvalue weighted by atomic mass is 16.5. The maximum absolute atomic E-state index is 12.4. The van der Waals surface area contributed by atoms with Crippen LogP contribution in [0.25, 0.3) is 10.9 Å². The van der Waals surface area contributed by atoms with Crippen LogP contribution >= 0.6 is 0 Å². The fraction of sp³-hybridized carbons (Fsp3) is 0.136. The normalized spacial score (nSPS) is 10.7. The van der Waals surface area contributed by atoms with Gasteiger partial charge in [0.25, 0.3) is 0 Å². The van der Waals surface area contributed by atoms with Crippen molar-refractivity contribution in [3.05, 3.63) is 72.7 Å². The molecule has 2 heterocycles. The third-order valence-electron chi connectivity index (χ3n) is 4.62. The number of para-hydroxylation sites is 1. The first kappa shape index (κ1) is 19.3. The summed E-state index contributed by atoms with van der Waals surface area (Å²) in [4.78, 5) is 27.8. The van der Waals surface area contributed by atoms with Crippen LogP contribution < -0.4 is 15.4 Å². The Morgan fingerprint density at radius 2 is 1.80 bits per heavy atom. The molecule has 0 saturated heterocycles. The Bertz CT molecular complexity index is 1180. The second-order valence-electron chi connectivity index (χ2n) is 6.79. The van der Waals surface area contributed by atoms with Gasteiger partial charge in [0.1, 0.15) is 12.3 Å². The summed E-state index contributed by atoms with van der Waals surface area (Å²) >= 11 is 0. The summed E-state index contributed by atoms with van der Waals surface area (Å²) in [6, 6.07) is 14.9. The van der Waals surface area contributed by atoms with E-state index in [4.69, 9.17) is 4.74 Å². The Hall–Kier alpha value is -4.07. The lowest BCUT2D eigenvalue weighted by Gasteiger charge is -2.06. The van der Waals surface area contributed by atoms with Crippen molar-refractivity contribution in [2.24, 2.45) is 0 Å². The number of methoxy groups -OCH3 is 1. The summed E-state index contributed by atoms with van der Waals surface area (Å²) in [5, 5.41) is 10.8. The van der Waals surface area contributed by atoms with Crippen molar-refractivity contribution in [3.63, 3.8) is 0 Å². The number of rotatable bonds is 7. The van der Waals surface area contributed by atoms with Crippen molar-refractivity contribution in [1.82, 2.24) is 14.8 Å². The molecule has 3 N–H and O–H groups in total. The number of hydrogen-bond donors (Lipinski definition) is 3. The highest BCUT2D eigenvalue weighted by Gasteiger charge is 2.11. The molecule has 30 heavy (non-hydrogen) atoms. The van der Waals surface area contributed by atoms with E-state index in [1.54, 1.807) is 37.6 Å². The highest BCUT2D eigenvalue weighted by Crippen LogP contribution is 2.19. The molecule has 0 unspecified atom stereocenters. The van der Waals surface area contributed by atoms with Crippen molar-refractivity contribution in [3.8, 4) is 5.75 Å². The predicted molar refractivity (Wildman–Crippen MR) is 114 cm³/mol. The Morgan fingerprint density at radius 1 is 1.03 bits per heavy atom. The molecular formula is C22H21N5O3. The maximum atomic E-state index is 12.4. The number of nitrogens with one attached hydrogen (secondary N) is 3. The number of amides is 2. The van der Waals surface area contributed by atoms with E-state index in [0.29, 0.717) is 17.1 Å². The lowest BCUT2D eigenvalue weighted by molar-refractivity contribution is -0.117. The van der Waals surface area contributed by atoms with Crippen LogP contribution in [-0.2, 0) is 22.6 Å². The number of aromatic amines is 1. The molecule has 2 aromatic heterocycles. The van der Waals surface area contributed by atoms with Gasteiger partial charge in [-0.3, -0.25) is 14.3 Å². The molecule has 0 aliphatic rings. The van der Waals surface area contributed by atoms with Crippen molar-refractivity contribution < 1.29 is 14.3 Å². The minimum Gasteiger partial charge on any atom is -0.497 e. The quantitative estimate of drug-likeness (QED) is 0.441. The summed E-state index contributed by atoms with van der Waals surface area (Å²) in [6.45, 7) is 0.0321. The minimum absolute atomic E-state index is 0.0321. The van der Waals surface area contributed by atoms with Crippen LogP contribution in [0.3, 0.4) is 0 Å². The summed E-state index contributed by atoms with van der Waals surface area (Å²) in [6.07, 6.45) is 5.23. The number of benzene rings is 2. The van der Waals surface area contributed by atoms with Gasteiger partial charge in [-0.25, -0.2) is 0 Å². The van der Waals surface area contributed by atoms with Crippen LogP contribution in [0.2, 0.25) is 0 Å². The van der Waals surface area contributed by atoms with E-state index in [-0.39, 0.29) is 24.8 Å². The summed E-state index contributed by atoms with van der Waals surface area (Å²) in [5.74, 6) is 0.343. The second-order valence-corrected chi connectivity index (χ2v) is 6.79. The predicted octanol–water partition coefficient (Wildman–Crippen LogP) is 3.19. The molecule has 0 aliphatic carbocycles. The molecule has 0 atom stereocenters. The zero-order chi connectivity index (χ0) is 20.9. The zero-order valence-corrected chi connectivity index (χ0v) is 16.4. The summed E-state index contributed by atoms with van der Waals surface area (Å²) in [7, 11) is 1.59. The van der Waals surface area contributed by atoms with Crippen LogP contribution in [0.4, 0.5) is 11.4 Å². The molecule has 0 spiro atoms. The number of fused-ring (bicyclic) bond motifs is 1. The van der Waals surface area contributed by atoms with Crippen LogP contribution in [0.1, 0.15) is 5.56 Å². The van der Waals surface area contributed by atoms with Gasteiger partial charge in [-0.1, -0.05) is 18.2 Å². The highest BCUT2D eigenvalue weighted by molar-refractivity contribution is 5.95. The molecule has 8 heteroatoms. The van der Waals surface area contributed by atoms with Crippen molar-refractivity contribution in [1.29, 1.82) is 0 Å². The van der Waals surface area contributed by atoms with Crippen LogP contribution in [0.5, 0.6) is 5.75 Å². The standard InChI is InChI=1S/C22H21N5O3/c1-30-18-8-6-16(7-9-18)25-22(29)14-27-13-17(12-24-27)26-21(28)10-15-11-23-20-5-3-2-4-19(15)20/h2-9,11-13,23H,10,14H2,1H3,(H,25,29)(H,26,28). The van der Waals surface area contributed by atoms with Gasteiger partial charge in [0.15, 0.2) is 0 Å². The molecule has 0 aliphatic heterocycles. The first-order chi connectivity index (χ1) is 14.6. The van der Waals surface area contributed by atoms with Crippen molar-refractivity contribution in [2.75, 3.05) is 17.7 Å². The van der Waals surface area contributed by atoms with Crippen LogP contribution in [0, 0.1) is 0 Å². The third kappa shape index (κ3) is 4.49. The molecule has 2 aromatic carbocycles. The molecular weight excluding hydrogens is 382 g/mol. The molecule has 0 fully saturated rings. The monoisotopic (exact) mass is 403 g/mol. The van der Waals surface area contributed by atoms with Gasteiger partial charge >= 0.3 is 0 Å². The Morgan fingerprint density at radius 3 is 2.60 bits per heavy atom. The average Bonchev–Trinajstić information content (AvgIpc) is 3.35. The summed E-state index contributed by atoms with van der Waals surface area (Å²) in [5.41, 5.74) is 3.13. The molecule has 4 rings (SSSR count). The molecule has 0 saturated carbocycles. The zero-order valence-electron chi connectivity index (χ0n) is 16.4. The van der Waals surface area contributed by atoms with Gasteiger partial charge in [-0.2, -0.15) is 5.10 Å². The van der Waals surface area contributed by atoms with Crippen molar-refractivity contribution >= 4 is 34.1 Å². The number of ether oxygens (including phenoxy) is 1. The van der Waals surface area contributed by atoms with E-state index < -0.39 is 0 Å². The maximum Gasteiger partial charge on any atom is 0.246 e. The van der Waals surface area contributed by atoms with Crippen LogP contribution in [-0.4, -0.2) is 33.7 Å². The largest absolute Gasteiger partial charge is 0.497 e. The number of carbonyl (C=O) groups is 2. The average molecular weight is 403 g/mol.